The van der Waals surface area contributed by atoms with Gasteiger partial charge in [-0.15, -0.1) is 11.3 Å². The van der Waals surface area contributed by atoms with E-state index in [9.17, 15) is 19.6 Å². The van der Waals surface area contributed by atoms with Crippen LogP contribution in [-0.4, -0.2) is 46.6 Å². The van der Waals surface area contributed by atoms with E-state index in [1.807, 2.05) is 31.2 Å². The predicted octanol–water partition coefficient (Wildman–Crippen LogP) is 4.82. The molecule has 1 aromatic carbocycles. The Morgan fingerprint density at radius 1 is 1.17 bits per heavy atom. The first-order valence-electron chi connectivity index (χ1n) is 14.2. The first-order valence-corrected chi connectivity index (χ1v) is 15.0. The van der Waals surface area contributed by atoms with Gasteiger partial charge in [0.05, 0.1) is 24.6 Å². The number of hydrogen-bond donors (Lipinski definition) is 0. The van der Waals surface area contributed by atoms with E-state index >= 15 is 0 Å². The highest BCUT2D eigenvalue weighted by molar-refractivity contribution is 7.19. The number of fused-ring (bicyclic) bond motifs is 1. The number of ether oxygens (including phenoxy) is 4. The third kappa shape index (κ3) is 6.31. The molecule has 1 aliphatic heterocycles. The van der Waals surface area contributed by atoms with Crippen LogP contribution < -0.4 is 16.0 Å². The molecule has 226 valence electrons. The van der Waals surface area contributed by atoms with Gasteiger partial charge in [0.15, 0.2) is 0 Å². The highest BCUT2D eigenvalue weighted by Gasteiger charge is 2.39. The van der Waals surface area contributed by atoms with Crippen LogP contribution in [0.2, 0.25) is 0 Å². The number of esters is 1. The number of hydrogen-bond acceptors (Lipinski definition) is 9. The summed E-state index contributed by atoms with van der Waals surface area (Å²) in [6.07, 6.45) is 0.632. The minimum atomic E-state index is -1.64. The maximum absolute atomic E-state index is 14.3. The summed E-state index contributed by atoms with van der Waals surface area (Å²) in [5, 5.41) is 10.0. The van der Waals surface area contributed by atoms with Crippen LogP contribution in [0.25, 0.3) is 10.2 Å². The summed E-state index contributed by atoms with van der Waals surface area (Å²) in [6.45, 7) is 13.3. The highest BCUT2D eigenvalue weighted by atomic mass is 32.1. The highest BCUT2D eigenvalue weighted by Crippen LogP contribution is 2.34. The summed E-state index contributed by atoms with van der Waals surface area (Å²) in [4.78, 5) is 42.3. The van der Waals surface area contributed by atoms with Crippen molar-refractivity contribution in [1.29, 1.82) is 5.26 Å². The van der Waals surface area contributed by atoms with Crippen molar-refractivity contribution in [2.75, 3.05) is 19.8 Å². The monoisotopic (exact) mass is 597 g/mol. The van der Waals surface area contributed by atoms with E-state index in [0.717, 1.165) is 21.5 Å². The van der Waals surface area contributed by atoms with Crippen LogP contribution in [0.3, 0.4) is 0 Å². The lowest BCUT2D eigenvalue weighted by atomic mass is 10.0. The molecule has 2 aromatic heterocycles. The Bertz CT molecular complexity index is 1610. The van der Waals surface area contributed by atoms with Crippen molar-refractivity contribution in [3.8, 4) is 11.8 Å². The Morgan fingerprint density at radius 2 is 1.83 bits per heavy atom. The van der Waals surface area contributed by atoms with E-state index in [1.165, 1.54) is 18.4 Å². The third-order valence-electron chi connectivity index (χ3n) is 7.21. The predicted molar refractivity (Wildman–Crippen MR) is 160 cm³/mol. The molecule has 1 aliphatic rings. The molecule has 0 saturated carbocycles. The zero-order chi connectivity index (χ0) is 30.8. The van der Waals surface area contributed by atoms with E-state index in [4.69, 9.17) is 18.9 Å². The van der Waals surface area contributed by atoms with E-state index in [-0.39, 0.29) is 18.0 Å². The van der Waals surface area contributed by atoms with Crippen molar-refractivity contribution in [3.63, 3.8) is 0 Å². The lowest BCUT2D eigenvalue weighted by Crippen LogP contribution is -2.54. The fraction of sp³-hybridized carbons (Fsp3) is 0.548. The number of aromatic nitrogens is 2. The second kappa shape index (κ2) is 12.4. The number of nitriles is 1. The van der Waals surface area contributed by atoms with E-state index in [1.54, 1.807) is 27.7 Å². The van der Waals surface area contributed by atoms with Gasteiger partial charge in [-0.05, 0) is 72.9 Å². The minimum absolute atomic E-state index is 0.0201. The van der Waals surface area contributed by atoms with Crippen molar-refractivity contribution in [1.82, 2.24) is 9.13 Å². The number of thiophene rings is 1. The molecule has 1 atom stereocenters. The summed E-state index contributed by atoms with van der Waals surface area (Å²) >= 11 is 1.08. The zero-order valence-corrected chi connectivity index (χ0v) is 26.1. The van der Waals surface area contributed by atoms with Gasteiger partial charge < -0.3 is 18.9 Å². The SMILES string of the molecule is CCOc1ccccc1C(Cn1c(=O)n(C(C)(C)C(=O)OC(C)(C)C)c(=O)c2c(C)c(C#N)sc21)OC1CCOCC1. The molecule has 4 rings (SSSR count). The normalized spacial score (nSPS) is 15.4. The average molecular weight is 598 g/mol. The van der Waals surface area contributed by atoms with E-state index < -0.39 is 34.5 Å². The van der Waals surface area contributed by atoms with Crippen molar-refractivity contribution >= 4 is 27.5 Å². The topological polar surface area (TPSA) is 122 Å². The van der Waals surface area contributed by atoms with Gasteiger partial charge >= 0.3 is 11.7 Å². The molecular formula is C31H39N3O7S. The van der Waals surface area contributed by atoms with Gasteiger partial charge in [-0.25, -0.2) is 14.2 Å². The van der Waals surface area contributed by atoms with Gasteiger partial charge in [0.2, 0.25) is 0 Å². The number of rotatable bonds is 9. The number of aryl methyl sites for hydroxylation is 1. The number of carbonyl (C=O) groups excluding carboxylic acids is 1. The summed E-state index contributed by atoms with van der Waals surface area (Å²) < 4.78 is 26.1. The Morgan fingerprint density at radius 3 is 2.45 bits per heavy atom. The Labute approximate surface area is 249 Å². The Kier molecular flexibility index (Phi) is 9.30. The second-order valence-corrected chi connectivity index (χ2v) is 12.8. The summed E-state index contributed by atoms with van der Waals surface area (Å²) in [5.41, 5.74) is -2.60. The lowest BCUT2D eigenvalue weighted by Gasteiger charge is -2.31. The smallest absolute Gasteiger partial charge is 0.333 e. The van der Waals surface area contributed by atoms with E-state index in [0.29, 0.717) is 53.7 Å². The van der Waals surface area contributed by atoms with Crippen LogP contribution in [0.4, 0.5) is 0 Å². The number of benzene rings is 1. The van der Waals surface area contributed by atoms with Crippen LogP contribution in [0.1, 0.15) is 76.5 Å². The van der Waals surface area contributed by atoms with Crippen molar-refractivity contribution in [3.05, 3.63) is 61.1 Å². The summed E-state index contributed by atoms with van der Waals surface area (Å²) in [6, 6.07) is 9.65. The molecule has 1 saturated heterocycles. The standard InChI is InChI=1S/C31H39N3O7S/c1-8-39-22-12-10-9-11-21(22)23(40-20-13-15-38-16-14-20)18-33-27-25(19(2)24(17-32)42-27)26(35)34(29(33)37)31(6,7)28(36)41-30(3,4)5/h9-12,20,23H,8,13-16,18H2,1-7H3. The molecule has 0 amide bonds. The number of para-hydroxylation sites is 1. The Hall–Kier alpha value is -3.46. The van der Waals surface area contributed by atoms with Crippen molar-refractivity contribution in [2.24, 2.45) is 0 Å². The molecule has 1 unspecified atom stereocenters. The zero-order valence-electron chi connectivity index (χ0n) is 25.3. The molecule has 1 fully saturated rings. The van der Waals surface area contributed by atoms with Gasteiger partial charge in [0.1, 0.15) is 38.8 Å². The van der Waals surface area contributed by atoms with Crippen LogP contribution >= 0.6 is 11.3 Å². The molecule has 0 bridgehead atoms. The summed E-state index contributed by atoms with van der Waals surface area (Å²) in [7, 11) is 0. The number of carbonyl (C=O) groups is 1. The first-order chi connectivity index (χ1) is 19.8. The van der Waals surface area contributed by atoms with Gasteiger partial charge in [-0.2, -0.15) is 5.26 Å². The van der Waals surface area contributed by atoms with Gasteiger partial charge in [-0.3, -0.25) is 9.36 Å². The van der Waals surface area contributed by atoms with Crippen molar-refractivity contribution in [2.45, 2.75) is 91.2 Å². The molecule has 3 aromatic rings. The molecular weight excluding hydrogens is 558 g/mol. The Balaban J connectivity index is 1.96. The van der Waals surface area contributed by atoms with Crippen molar-refractivity contribution < 1.29 is 23.7 Å². The molecule has 0 radical (unpaired) electrons. The molecule has 11 heteroatoms. The molecule has 0 aliphatic carbocycles. The quantitative estimate of drug-likeness (QED) is 0.322. The van der Waals surface area contributed by atoms with Gasteiger partial charge in [0.25, 0.3) is 5.56 Å². The molecule has 0 N–H and O–H groups in total. The summed E-state index contributed by atoms with van der Waals surface area (Å²) in [5.74, 6) is -0.0889. The average Bonchev–Trinajstić information content (AvgIpc) is 3.26. The maximum atomic E-state index is 14.3. The van der Waals surface area contributed by atoms with Crippen LogP contribution in [0.15, 0.2) is 33.9 Å². The molecule has 42 heavy (non-hydrogen) atoms. The number of nitrogens with zero attached hydrogens (tertiary/aromatic N) is 3. The van der Waals surface area contributed by atoms with E-state index in [2.05, 4.69) is 6.07 Å². The van der Waals surface area contributed by atoms with Crippen LogP contribution in [0, 0.1) is 18.3 Å². The van der Waals surface area contributed by atoms with Gasteiger partial charge in [0, 0.05) is 18.8 Å². The second-order valence-electron chi connectivity index (χ2n) is 11.9. The maximum Gasteiger partial charge on any atom is 0.333 e. The molecule has 0 spiro atoms. The van der Waals surface area contributed by atoms with Crippen LogP contribution in [-0.2, 0) is 31.1 Å². The third-order valence-corrected chi connectivity index (χ3v) is 8.43. The molecule has 3 heterocycles. The lowest BCUT2D eigenvalue weighted by molar-refractivity contribution is -0.164. The fourth-order valence-corrected chi connectivity index (χ4v) is 6.16. The molecule has 10 nitrogen and oxygen atoms in total. The minimum Gasteiger partial charge on any atom is -0.493 e. The van der Waals surface area contributed by atoms with Crippen LogP contribution in [0.5, 0.6) is 5.75 Å². The first kappa shape index (κ1) is 31.5. The largest absolute Gasteiger partial charge is 0.493 e. The van der Waals surface area contributed by atoms with Gasteiger partial charge in [-0.1, -0.05) is 18.2 Å². The fourth-order valence-electron chi connectivity index (χ4n) is 5.06.